The summed E-state index contributed by atoms with van der Waals surface area (Å²) in [5.41, 5.74) is -3.27. The van der Waals surface area contributed by atoms with Gasteiger partial charge in [0.2, 0.25) is 0 Å². The number of nitrogens with zero attached hydrogens (tertiary/aromatic N) is 1. The van der Waals surface area contributed by atoms with Gasteiger partial charge in [-0.3, -0.25) is 9.36 Å². The fourth-order valence-corrected chi connectivity index (χ4v) is 5.96. The molecule has 5 rings (SSSR count). The average Bonchev–Trinajstić information content (AvgIpc) is 2.85. The number of benzene rings is 3. The first-order valence-corrected chi connectivity index (χ1v) is 12.5. The normalized spacial score (nSPS) is 20.5. The molecule has 1 aromatic heterocycles. The lowest BCUT2D eigenvalue weighted by molar-refractivity contribution is -0.275. The Morgan fingerprint density at radius 1 is 1.08 bits per heavy atom. The number of aromatic nitrogens is 1. The van der Waals surface area contributed by atoms with Crippen molar-refractivity contribution < 1.29 is 27.4 Å². The number of hydrogen-bond acceptors (Lipinski definition) is 4. The zero-order valence-corrected chi connectivity index (χ0v) is 22.0. The molecule has 0 saturated heterocycles. The third-order valence-electron chi connectivity index (χ3n) is 7.32. The van der Waals surface area contributed by atoms with E-state index in [0.717, 1.165) is 0 Å². The number of fused-ring (bicyclic) bond motifs is 2. The monoisotopic (exact) mass is 560 g/mol. The maximum Gasteiger partial charge on any atom is 0.419 e. The number of ether oxygens (including phenoxy) is 1. The van der Waals surface area contributed by atoms with E-state index < -0.39 is 41.0 Å². The molecule has 0 spiro atoms. The van der Waals surface area contributed by atoms with Crippen molar-refractivity contribution in [2.45, 2.75) is 43.5 Å². The molecule has 10 heteroatoms. The second-order valence-electron chi connectivity index (χ2n) is 10.3. The van der Waals surface area contributed by atoms with Gasteiger partial charge >= 0.3 is 6.18 Å². The van der Waals surface area contributed by atoms with E-state index in [0.29, 0.717) is 16.5 Å². The molecular weight excluding hydrogens is 536 g/mol. The minimum Gasteiger partial charge on any atom is -0.495 e. The molecule has 0 bridgehead atoms. The van der Waals surface area contributed by atoms with E-state index in [9.17, 15) is 27.5 Å². The standard InChI is InChI=1S/C29H25ClF4N2O3/c1-27(2)15-28(38,29(32,33)34)26(19-10-12-20(30)25(39-3)24(19)27)35-21-8-5-9-22-18(21)11-13-23(37)36(22)17-7-4-6-16(31)14-17/h4-14,26,35,38H,15H2,1-3H3. The van der Waals surface area contributed by atoms with Gasteiger partial charge in [-0.2, -0.15) is 13.2 Å². The topological polar surface area (TPSA) is 63.5 Å². The van der Waals surface area contributed by atoms with Crippen LogP contribution in [0.2, 0.25) is 5.02 Å². The van der Waals surface area contributed by atoms with Crippen LogP contribution in [0.3, 0.4) is 0 Å². The van der Waals surface area contributed by atoms with Crippen LogP contribution in [0.1, 0.15) is 37.4 Å². The molecule has 3 aromatic carbocycles. The molecule has 1 heterocycles. The Bertz CT molecular complexity index is 1650. The van der Waals surface area contributed by atoms with Crippen molar-refractivity contribution in [2.24, 2.45) is 0 Å². The molecule has 39 heavy (non-hydrogen) atoms. The van der Waals surface area contributed by atoms with Gasteiger partial charge in [0.25, 0.3) is 5.56 Å². The number of pyridine rings is 1. The van der Waals surface area contributed by atoms with Crippen LogP contribution in [-0.2, 0) is 5.41 Å². The lowest BCUT2D eigenvalue weighted by Crippen LogP contribution is -2.58. The molecule has 2 N–H and O–H groups in total. The first-order valence-electron chi connectivity index (χ1n) is 12.1. The molecule has 4 aromatic rings. The molecule has 0 saturated carbocycles. The molecule has 0 aliphatic heterocycles. The predicted octanol–water partition coefficient (Wildman–Crippen LogP) is 6.92. The van der Waals surface area contributed by atoms with E-state index in [-0.39, 0.29) is 27.7 Å². The van der Waals surface area contributed by atoms with Crippen molar-refractivity contribution in [2.75, 3.05) is 12.4 Å². The maximum atomic E-state index is 14.6. The van der Waals surface area contributed by atoms with Gasteiger partial charge in [-0.25, -0.2) is 4.39 Å². The zero-order valence-electron chi connectivity index (χ0n) is 21.2. The van der Waals surface area contributed by atoms with Crippen molar-refractivity contribution in [1.82, 2.24) is 4.57 Å². The number of alkyl halides is 3. The van der Waals surface area contributed by atoms with Gasteiger partial charge in [0, 0.05) is 22.7 Å². The Kier molecular flexibility index (Phi) is 6.43. The number of methoxy groups -OCH3 is 1. The Hall–Kier alpha value is -3.56. The lowest BCUT2D eigenvalue weighted by atomic mass is 9.63. The molecule has 0 fully saturated rings. The SMILES string of the molecule is COc1c(Cl)ccc2c1C(C)(C)CC(O)(C(F)(F)F)C2Nc1cccc2c1ccc(=O)n2-c1cccc(F)c1. The van der Waals surface area contributed by atoms with Crippen LogP contribution in [0, 0.1) is 5.82 Å². The second kappa shape index (κ2) is 9.27. The van der Waals surface area contributed by atoms with E-state index in [2.05, 4.69) is 5.32 Å². The first-order chi connectivity index (χ1) is 18.3. The minimum absolute atomic E-state index is 0.183. The largest absolute Gasteiger partial charge is 0.495 e. The van der Waals surface area contributed by atoms with Crippen LogP contribution in [0.15, 0.2) is 71.5 Å². The first kappa shape index (κ1) is 27.0. The quantitative estimate of drug-likeness (QED) is 0.266. The van der Waals surface area contributed by atoms with Crippen molar-refractivity contribution in [3.8, 4) is 11.4 Å². The van der Waals surface area contributed by atoms with Gasteiger partial charge in [-0.1, -0.05) is 43.6 Å². The number of nitrogens with one attached hydrogen (secondary N) is 1. The predicted molar refractivity (Wildman–Crippen MR) is 143 cm³/mol. The van der Waals surface area contributed by atoms with Crippen molar-refractivity contribution in [3.63, 3.8) is 0 Å². The fourth-order valence-electron chi connectivity index (χ4n) is 5.73. The third kappa shape index (κ3) is 4.33. The summed E-state index contributed by atoms with van der Waals surface area (Å²) in [6, 6.07) is 14.2. The second-order valence-corrected chi connectivity index (χ2v) is 10.7. The summed E-state index contributed by atoms with van der Waals surface area (Å²) >= 11 is 6.35. The number of halogens is 5. The number of aliphatic hydroxyl groups is 1. The zero-order chi connectivity index (χ0) is 28.3. The summed E-state index contributed by atoms with van der Waals surface area (Å²) in [7, 11) is 1.39. The highest BCUT2D eigenvalue weighted by atomic mass is 35.5. The van der Waals surface area contributed by atoms with Crippen LogP contribution in [0.5, 0.6) is 5.75 Å². The maximum absolute atomic E-state index is 14.6. The van der Waals surface area contributed by atoms with E-state index in [1.807, 2.05) is 0 Å². The lowest BCUT2D eigenvalue weighted by Gasteiger charge is -2.49. The number of anilines is 1. The highest BCUT2D eigenvalue weighted by molar-refractivity contribution is 6.32. The molecule has 0 amide bonds. The molecule has 1 aliphatic carbocycles. The van der Waals surface area contributed by atoms with Crippen LogP contribution < -0.4 is 15.6 Å². The summed E-state index contributed by atoms with van der Waals surface area (Å²) in [5.74, 6) is -0.303. The molecular formula is C29H25ClF4N2O3. The van der Waals surface area contributed by atoms with Crippen LogP contribution in [0.25, 0.3) is 16.6 Å². The molecule has 5 nitrogen and oxygen atoms in total. The average molecular weight is 561 g/mol. The van der Waals surface area contributed by atoms with Gasteiger partial charge in [-0.05, 0) is 59.9 Å². The highest BCUT2D eigenvalue weighted by Crippen LogP contribution is 2.57. The Balaban J connectivity index is 1.75. The molecule has 2 unspecified atom stereocenters. The molecule has 2 atom stereocenters. The van der Waals surface area contributed by atoms with Crippen LogP contribution >= 0.6 is 11.6 Å². The molecule has 0 radical (unpaired) electrons. The summed E-state index contributed by atoms with van der Waals surface area (Å²) in [4.78, 5) is 12.8. The molecule has 1 aliphatic rings. The van der Waals surface area contributed by atoms with E-state index >= 15 is 0 Å². The smallest absolute Gasteiger partial charge is 0.419 e. The minimum atomic E-state index is -5.00. The molecule has 204 valence electrons. The highest BCUT2D eigenvalue weighted by Gasteiger charge is 2.64. The van der Waals surface area contributed by atoms with Gasteiger partial charge < -0.3 is 15.2 Å². The van der Waals surface area contributed by atoms with E-state index in [1.165, 1.54) is 54.1 Å². The summed E-state index contributed by atoms with van der Waals surface area (Å²) in [6.45, 7) is 3.21. The summed E-state index contributed by atoms with van der Waals surface area (Å²) in [6.07, 6.45) is -5.66. The summed E-state index contributed by atoms with van der Waals surface area (Å²) in [5, 5.41) is 14.9. The van der Waals surface area contributed by atoms with Crippen LogP contribution in [-0.4, -0.2) is 28.6 Å². The van der Waals surface area contributed by atoms with Gasteiger partial charge in [0.15, 0.2) is 5.60 Å². The van der Waals surface area contributed by atoms with E-state index in [1.54, 1.807) is 38.1 Å². The number of rotatable bonds is 4. The Morgan fingerprint density at radius 2 is 1.79 bits per heavy atom. The van der Waals surface area contributed by atoms with Crippen molar-refractivity contribution in [1.29, 1.82) is 0 Å². The third-order valence-corrected chi connectivity index (χ3v) is 7.61. The Labute approximate surface area is 226 Å². The van der Waals surface area contributed by atoms with Crippen molar-refractivity contribution in [3.05, 3.63) is 99.1 Å². The summed E-state index contributed by atoms with van der Waals surface area (Å²) < 4.78 is 64.7. The van der Waals surface area contributed by atoms with Gasteiger partial charge in [0.05, 0.1) is 29.4 Å². The Morgan fingerprint density at radius 3 is 2.46 bits per heavy atom. The van der Waals surface area contributed by atoms with Gasteiger partial charge in [-0.15, -0.1) is 0 Å². The van der Waals surface area contributed by atoms with Crippen molar-refractivity contribution >= 4 is 28.2 Å². The fraction of sp³-hybridized carbons (Fsp3) is 0.276. The van der Waals surface area contributed by atoms with Crippen LogP contribution in [0.4, 0.5) is 23.2 Å². The van der Waals surface area contributed by atoms with E-state index in [4.69, 9.17) is 16.3 Å². The van der Waals surface area contributed by atoms with Gasteiger partial charge in [0.1, 0.15) is 11.6 Å². The number of hydrogen-bond donors (Lipinski definition) is 2.